The Labute approximate surface area is 200 Å². The van der Waals surface area contributed by atoms with Crippen LogP contribution in [0.4, 0.5) is 9.18 Å². The lowest BCUT2D eigenvalue weighted by Crippen LogP contribution is -2.31. The molecule has 0 aliphatic rings. The quantitative estimate of drug-likeness (QED) is 0.449. The number of aromatic nitrogens is 1. The number of hydrogen-bond donors (Lipinski definition) is 2. The monoisotopic (exact) mass is 501 g/mol. The molecule has 0 fully saturated rings. The molecule has 0 aliphatic carbocycles. The molecule has 0 spiro atoms. The molecular formula is C23H20FN3O7S. The average Bonchev–Trinajstić information content (AvgIpc) is 2.85. The Kier molecular flexibility index (Phi) is 8.10. The van der Waals surface area contributed by atoms with Crippen molar-refractivity contribution in [3.63, 3.8) is 0 Å². The normalized spacial score (nSPS) is 10.8. The van der Waals surface area contributed by atoms with Crippen LogP contribution in [0, 0.1) is 5.82 Å². The van der Waals surface area contributed by atoms with Crippen LogP contribution >= 0.6 is 0 Å². The molecular weight excluding hydrogens is 481 g/mol. The van der Waals surface area contributed by atoms with Crippen molar-refractivity contribution in [2.75, 3.05) is 13.7 Å². The van der Waals surface area contributed by atoms with E-state index in [1.54, 1.807) is 12.1 Å². The summed E-state index contributed by atoms with van der Waals surface area (Å²) in [4.78, 5) is 39.3. The number of sulfonamides is 1. The van der Waals surface area contributed by atoms with E-state index in [0.29, 0.717) is 6.42 Å². The minimum atomic E-state index is -4.31. The van der Waals surface area contributed by atoms with E-state index in [-0.39, 0.29) is 34.3 Å². The first-order valence-corrected chi connectivity index (χ1v) is 11.6. The van der Waals surface area contributed by atoms with Gasteiger partial charge in [0.1, 0.15) is 5.82 Å². The van der Waals surface area contributed by atoms with Crippen LogP contribution < -0.4 is 14.8 Å². The zero-order chi connectivity index (χ0) is 25.4. The van der Waals surface area contributed by atoms with Gasteiger partial charge in [-0.1, -0.05) is 18.2 Å². The Morgan fingerprint density at radius 1 is 0.971 bits per heavy atom. The van der Waals surface area contributed by atoms with Crippen LogP contribution in [0.2, 0.25) is 0 Å². The lowest BCUT2D eigenvalue weighted by Gasteiger charge is -2.09. The lowest BCUT2D eigenvalue weighted by atomic mass is 10.1. The second-order valence-corrected chi connectivity index (χ2v) is 8.72. The van der Waals surface area contributed by atoms with E-state index in [0.717, 1.165) is 24.9 Å². The van der Waals surface area contributed by atoms with Gasteiger partial charge in [-0.2, -0.15) is 0 Å². The third kappa shape index (κ3) is 7.08. The molecule has 3 rings (SSSR count). The highest BCUT2D eigenvalue weighted by atomic mass is 32.2. The van der Waals surface area contributed by atoms with Crippen LogP contribution in [0.25, 0.3) is 0 Å². The number of ether oxygens (including phenoxy) is 2. The van der Waals surface area contributed by atoms with E-state index in [1.807, 2.05) is 4.72 Å². The van der Waals surface area contributed by atoms with Gasteiger partial charge in [0.05, 0.1) is 17.6 Å². The summed E-state index contributed by atoms with van der Waals surface area (Å²) in [7, 11) is -3.20. The van der Waals surface area contributed by atoms with Crippen LogP contribution in [0.15, 0.2) is 71.8 Å². The minimum Gasteiger partial charge on any atom is -0.437 e. The maximum Gasteiger partial charge on any atom is 0.514 e. The van der Waals surface area contributed by atoms with Gasteiger partial charge in [0.25, 0.3) is 21.8 Å². The number of carbonyl (C=O) groups excluding carboxylic acids is 3. The Hall–Kier alpha value is -4.32. The summed E-state index contributed by atoms with van der Waals surface area (Å²) in [6.07, 6.45) is 0.475. The molecule has 182 valence electrons. The molecule has 0 aliphatic heterocycles. The van der Waals surface area contributed by atoms with Gasteiger partial charge in [-0.25, -0.2) is 27.3 Å². The molecule has 12 heteroatoms. The molecule has 10 nitrogen and oxygen atoms in total. The van der Waals surface area contributed by atoms with Gasteiger partial charge in [0, 0.05) is 24.4 Å². The van der Waals surface area contributed by atoms with Crippen molar-refractivity contribution in [2.24, 2.45) is 0 Å². The van der Waals surface area contributed by atoms with E-state index in [1.165, 1.54) is 42.5 Å². The topological polar surface area (TPSA) is 141 Å². The number of nitrogens with zero attached hydrogens (tertiary/aromatic N) is 1. The molecule has 0 saturated carbocycles. The minimum absolute atomic E-state index is 0.0745. The van der Waals surface area contributed by atoms with Crippen molar-refractivity contribution in [3.8, 4) is 5.88 Å². The van der Waals surface area contributed by atoms with Gasteiger partial charge in [-0.15, -0.1) is 0 Å². The average molecular weight is 501 g/mol. The van der Waals surface area contributed by atoms with E-state index >= 15 is 0 Å². The molecule has 0 bridgehead atoms. The number of nitrogens with one attached hydrogen (secondary N) is 2. The Bertz CT molecular complexity index is 1330. The maximum absolute atomic E-state index is 13.0. The summed E-state index contributed by atoms with van der Waals surface area (Å²) in [5.41, 5.74) is 0.788. The first-order valence-electron chi connectivity index (χ1n) is 10.1. The molecule has 0 saturated heterocycles. The van der Waals surface area contributed by atoms with E-state index < -0.39 is 28.0 Å². The molecule has 3 aromatic rings. The third-order valence-electron chi connectivity index (χ3n) is 4.60. The molecule has 0 radical (unpaired) electrons. The molecule has 0 atom stereocenters. The third-order valence-corrected chi connectivity index (χ3v) is 5.93. The predicted molar refractivity (Wildman–Crippen MR) is 121 cm³/mol. The highest BCUT2D eigenvalue weighted by Crippen LogP contribution is 2.14. The van der Waals surface area contributed by atoms with Crippen molar-refractivity contribution in [1.82, 2.24) is 15.0 Å². The van der Waals surface area contributed by atoms with Crippen molar-refractivity contribution < 1.29 is 36.7 Å². The van der Waals surface area contributed by atoms with Gasteiger partial charge in [0.2, 0.25) is 5.88 Å². The number of pyridine rings is 1. The van der Waals surface area contributed by atoms with Crippen LogP contribution in [0.3, 0.4) is 0 Å². The van der Waals surface area contributed by atoms with E-state index in [2.05, 4.69) is 19.8 Å². The van der Waals surface area contributed by atoms with Gasteiger partial charge < -0.3 is 14.8 Å². The number of amides is 2. The van der Waals surface area contributed by atoms with Crippen molar-refractivity contribution in [3.05, 3.63) is 89.4 Å². The van der Waals surface area contributed by atoms with E-state index in [4.69, 9.17) is 0 Å². The first kappa shape index (κ1) is 25.3. The van der Waals surface area contributed by atoms with Crippen molar-refractivity contribution in [1.29, 1.82) is 0 Å². The fourth-order valence-electron chi connectivity index (χ4n) is 2.82. The second kappa shape index (κ2) is 11.2. The maximum atomic E-state index is 13.0. The van der Waals surface area contributed by atoms with Gasteiger partial charge in [-0.05, 0) is 48.4 Å². The first-order chi connectivity index (χ1) is 16.7. The molecule has 1 aromatic heterocycles. The Balaban J connectivity index is 1.62. The van der Waals surface area contributed by atoms with Crippen LogP contribution in [-0.4, -0.2) is 45.0 Å². The largest absolute Gasteiger partial charge is 0.514 e. The number of halogens is 1. The van der Waals surface area contributed by atoms with Gasteiger partial charge in [0.15, 0.2) is 0 Å². The number of methoxy groups -OCH3 is 1. The Morgan fingerprint density at radius 3 is 2.37 bits per heavy atom. The number of carbonyl (C=O) groups is 3. The van der Waals surface area contributed by atoms with Gasteiger partial charge >= 0.3 is 6.16 Å². The van der Waals surface area contributed by atoms with Crippen LogP contribution in [0.5, 0.6) is 5.88 Å². The summed E-state index contributed by atoms with van der Waals surface area (Å²) < 4.78 is 49.2. The summed E-state index contributed by atoms with van der Waals surface area (Å²) in [5.74, 6) is -1.99. The van der Waals surface area contributed by atoms with Crippen molar-refractivity contribution >= 4 is 28.0 Å². The number of benzene rings is 2. The van der Waals surface area contributed by atoms with Crippen LogP contribution in [0.1, 0.15) is 26.3 Å². The molecule has 2 amide bonds. The summed E-state index contributed by atoms with van der Waals surface area (Å²) in [6, 6.07) is 13.4. The second-order valence-electron chi connectivity index (χ2n) is 7.04. The fourth-order valence-corrected chi connectivity index (χ4v) is 3.84. The molecule has 35 heavy (non-hydrogen) atoms. The van der Waals surface area contributed by atoms with E-state index in [9.17, 15) is 27.2 Å². The summed E-state index contributed by atoms with van der Waals surface area (Å²) >= 11 is 0. The predicted octanol–water partition coefficient (Wildman–Crippen LogP) is 2.46. The zero-order valence-electron chi connectivity index (χ0n) is 18.4. The summed E-state index contributed by atoms with van der Waals surface area (Å²) in [5, 5.41) is 2.66. The lowest BCUT2D eigenvalue weighted by molar-refractivity contribution is 0.0951. The smallest absolute Gasteiger partial charge is 0.437 e. The fraction of sp³-hybridized carbons (Fsp3) is 0.130. The van der Waals surface area contributed by atoms with Crippen LogP contribution in [-0.2, 0) is 21.2 Å². The van der Waals surface area contributed by atoms with Gasteiger partial charge in [-0.3, -0.25) is 9.59 Å². The molecule has 2 aromatic carbocycles. The highest BCUT2D eigenvalue weighted by molar-refractivity contribution is 7.90. The van der Waals surface area contributed by atoms with Crippen molar-refractivity contribution in [2.45, 2.75) is 11.3 Å². The molecule has 2 N–H and O–H groups in total. The molecule has 0 unspecified atom stereocenters. The standard InChI is InChI=1S/C23H20FN3O7S/c1-33-23(30)34-20-10-7-17(14-26-20)22(29)27-35(31,32)19-4-2-3-16(13-19)21(28)25-12-11-15-5-8-18(24)9-6-15/h2-10,13-14H,11-12H2,1H3,(H,25,28)(H,27,29). The highest BCUT2D eigenvalue weighted by Gasteiger charge is 2.20. The zero-order valence-corrected chi connectivity index (χ0v) is 19.2. The number of hydrogen-bond acceptors (Lipinski definition) is 8. The SMILES string of the molecule is COC(=O)Oc1ccc(C(=O)NS(=O)(=O)c2cccc(C(=O)NCCc3ccc(F)cc3)c2)cn1. The number of rotatable bonds is 8. The molecule has 1 heterocycles. The summed E-state index contributed by atoms with van der Waals surface area (Å²) in [6.45, 7) is 0.251. The Morgan fingerprint density at radius 2 is 1.71 bits per heavy atom.